The van der Waals surface area contributed by atoms with E-state index < -0.39 is 0 Å². The third-order valence-corrected chi connectivity index (χ3v) is 13.1. The summed E-state index contributed by atoms with van der Waals surface area (Å²) >= 11 is 1.88. The van der Waals surface area contributed by atoms with Gasteiger partial charge in [-0.25, -0.2) is 0 Å². The molecule has 1 heterocycles. The highest BCUT2D eigenvalue weighted by molar-refractivity contribution is 7.26. The van der Waals surface area contributed by atoms with E-state index in [1.807, 2.05) is 11.3 Å². The average molecular weight is 754 g/mol. The zero-order chi connectivity index (χ0) is 38.2. The van der Waals surface area contributed by atoms with Crippen molar-refractivity contribution in [2.24, 2.45) is 0 Å². The maximum absolute atomic E-state index is 2.52. The topological polar surface area (TPSA) is 3.24 Å². The van der Waals surface area contributed by atoms with E-state index in [9.17, 15) is 0 Å². The average Bonchev–Trinajstić information content (AvgIpc) is 3.66. The molecule has 0 N–H and O–H groups in total. The van der Waals surface area contributed by atoms with Gasteiger partial charge in [0.25, 0.3) is 0 Å². The van der Waals surface area contributed by atoms with Crippen LogP contribution in [0.4, 0.5) is 17.1 Å². The lowest BCUT2D eigenvalue weighted by molar-refractivity contribution is 1.32. The second-order valence-corrected chi connectivity index (χ2v) is 16.3. The van der Waals surface area contributed by atoms with Crippen LogP contribution in [0.25, 0.3) is 96.3 Å². The van der Waals surface area contributed by atoms with Gasteiger partial charge in [0.2, 0.25) is 0 Å². The fourth-order valence-electron chi connectivity index (χ4n) is 9.28. The fourth-order valence-corrected chi connectivity index (χ4v) is 10.4. The zero-order valence-corrected chi connectivity index (χ0v) is 32.4. The molecule has 11 aromatic carbocycles. The van der Waals surface area contributed by atoms with E-state index in [0.29, 0.717) is 0 Å². The molecule has 0 aliphatic heterocycles. The Morgan fingerprint density at radius 2 is 0.897 bits per heavy atom. The van der Waals surface area contributed by atoms with Gasteiger partial charge in [-0.3, -0.25) is 0 Å². The van der Waals surface area contributed by atoms with Crippen molar-refractivity contribution in [3.8, 4) is 22.3 Å². The summed E-state index contributed by atoms with van der Waals surface area (Å²) in [5.74, 6) is 0. The molecule has 0 amide bonds. The first-order chi connectivity index (χ1) is 28.7. The molecule has 0 fully saturated rings. The number of benzene rings is 11. The standard InChI is InChI=1S/C56H35NS/c1-2-15-39-35-55-51(32-38(39)14-1)56-52(25-12-26-54(56)58-55)57(43-29-27-37(28-30-43)45-24-11-18-36-13-3-6-19-44(36)45)53-34-42(31-40-16-5-8-21-47(40)53)50-33-41-17-4-7-20-46(41)48-22-9-10-23-49(48)50/h1-35H. The first-order valence-corrected chi connectivity index (χ1v) is 20.7. The van der Waals surface area contributed by atoms with Crippen LogP contribution in [0.5, 0.6) is 0 Å². The van der Waals surface area contributed by atoms with Crippen LogP contribution < -0.4 is 4.90 Å². The first kappa shape index (κ1) is 32.9. The number of hydrogen-bond donors (Lipinski definition) is 0. The molecule has 0 aliphatic rings. The molecule has 1 aromatic heterocycles. The maximum atomic E-state index is 2.52. The lowest BCUT2D eigenvalue weighted by atomic mass is 9.91. The van der Waals surface area contributed by atoms with Gasteiger partial charge >= 0.3 is 0 Å². The van der Waals surface area contributed by atoms with Gasteiger partial charge in [-0.2, -0.15) is 0 Å². The van der Waals surface area contributed by atoms with Gasteiger partial charge in [-0.15, -0.1) is 11.3 Å². The monoisotopic (exact) mass is 753 g/mol. The molecule has 58 heavy (non-hydrogen) atoms. The third kappa shape index (κ3) is 5.23. The van der Waals surface area contributed by atoms with Crippen LogP contribution in [0.15, 0.2) is 212 Å². The second kappa shape index (κ2) is 13.2. The number of rotatable bonds is 5. The predicted octanol–water partition coefficient (Wildman–Crippen LogP) is 16.6. The SMILES string of the molecule is c1ccc2cc3c(cc2c1)sc1cccc(N(c2ccc(-c4cccc5ccccc45)cc2)c2cc(-c4cc5ccccc5c5ccccc45)cc4ccccc24)c13. The van der Waals surface area contributed by atoms with E-state index in [4.69, 9.17) is 0 Å². The van der Waals surface area contributed by atoms with E-state index in [2.05, 4.69) is 217 Å². The van der Waals surface area contributed by atoms with Crippen LogP contribution in [0.3, 0.4) is 0 Å². The first-order valence-electron chi connectivity index (χ1n) is 19.9. The van der Waals surface area contributed by atoms with E-state index >= 15 is 0 Å². The Labute approximate surface area is 340 Å². The van der Waals surface area contributed by atoms with E-state index in [1.165, 1.54) is 102 Å². The zero-order valence-electron chi connectivity index (χ0n) is 31.6. The second-order valence-electron chi connectivity index (χ2n) is 15.3. The molecule has 0 unspecified atom stereocenters. The van der Waals surface area contributed by atoms with Crippen molar-refractivity contribution >= 4 is 102 Å². The van der Waals surface area contributed by atoms with Crippen molar-refractivity contribution in [1.82, 2.24) is 0 Å². The van der Waals surface area contributed by atoms with Crippen molar-refractivity contribution < 1.29 is 0 Å². The van der Waals surface area contributed by atoms with Gasteiger partial charge in [0, 0.05) is 31.2 Å². The molecular weight excluding hydrogens is 719 g/mol. The Hall–Kier alpha value is -7.26. The van der Waals surface area contributed by atoms with Crippen LogP contribution in [0.2, 0.25) is 0 Å². The lowest BCUT2D eigenvalue weighted by Crippen LogP contribution is -2.11. The summed E-state index contributed by atoms with van der Waals surface area (Å²) in [4.78, 5) is 2.52. The Bertz CT molecular complexity index is 3570. The quantitative estimate of drug-likeness (QED) is 0.158. The Morgan fingerprint density at radius 1 is 0.293 bits per heavy atom. The van der Waals surface area contributed by atoms with Gasteiger partial charge in [-0.1, -0.05) is 158 Å². The highest BCUT2D eigenvalue weighted by atomic mass is 32.1. The molecule has 270 valence electrons. The molecule has 12 aromatic rings. The van der Waals surface area contributed by atoms with E-state index in [-0.39, 0.29) is 0 Å². The normalized spacial score (nSPS) is 11.8. The number of thiophene rings is 1. The molecule has 0 saturated heterocycles. The Morgan fingerprint density at radius 3 is 1.69 bits per heavy atom. The minimum Gasteiger partial charge on any atom is -0.309 e. The summed E-state index contributed by atoms with van der Waals surface area (Å²) < 4.78 is 2.58. The summed E-state index contributed by atoms with van der Waals surface area (Å²) in [5, 5.41) is 15.1. The van der Waals surface area contributed by atoms with Crippen LogP contribution in [-0.4, -0.2) is 0 Å². The largest absolute Gasteiger partial charge is 0.309 e. The van der Waals surface area contributed by atoms with Gasteiger partial charge < -0.3 is 4.90 Å². The van der Waals surface area contributed by atoms with Crippen LogP contribution >= 0.6 is 11.3 Å². The van der Waals surface area contributed by atoms with E-state index in [1.54, 1.807) is 0 Å². The van der Waals surface area contributed by atoms with Gasteiger partial charge in [0.15, 0.2) is 0 Å². The van der Waals surface area contributed by atoms with Crippen molar-refractivity contribution in [1.29, 1.82) is 0 Å². The Kier molecular flexibility index (Phi) is 7.47. The highest BCUT2D eigenvalue weighted by Crippen LogP contribution is 2.49. The Balaban J connectivity index is 1.15. The summed E-state index contributed by atoms with van der Waals surface area (Å²) in [5.41, 5.74) is 8.30. The molecule has 0 spiro atoms. The third-order valence-electron chi connectivity index (χ3n) is 12.0. The molecule has 0 bridgehead atoms. The smallest absolute Gasteiger partial charge is 0.0555 e. The van der Waals surface area contributed by atoms with Crippen LogP contribution in [0.1, 0.15) is 0 Å². The van der Waals surface area contributed by atoms with Crippen LogP contribution in [-0.2, 0) is 0 Å². The van der Waals surface area contributed by atoms with Crippen molar-refractivity contribution in [3.63, 3.8) is 0 Å². The number of hydrogen-bond acceptors (Lipinski definition) is 2. The van der Waals surface area contributed by atoms with Crippen molar-refractivity contribution in [2.75, 3.05) is 4.90 Å². The molecule has 2 heteroatoms. The van der Waals surface area contributed by atoms with Crippen molar-refractivity contribution in [3.05, 3.63) is 212 Å². The lowest BCUT2D eigenvalue weighted by Gasteiger charge is -2.29. The van der Waals surface area contributed by atoms with Crippen molar-refractivity contribution in [2.45, 2.75) is 0 Å². The number of nitrogens with zero attached hydrogens (tertiary/aromatic N) is 1. The molecule has 1 nitrogen and oxygen atoms in total. The molecule has 0 atom stereocenters. The number of anilines is 3. The summed E-state index contributed by atoms with van der Waals surface area (Å²) in [7, 11) is 0. The number of fused-ring (bicyclic) bond motifs is 9. The van der Waals surface area contributed by atoms with Gasteiger partial charge in [0.1, 0.15) is 0 Å². The molecule has 0 radical (unpaired) electrons. The molecule has 0 aliphatic carbocycles. The fraction of sp³-hybridized carbons (Fsp3) is 0. The maximum Gasteiger partial charge on any atom is 0.0555 e. The minimum atomic E-state index is 1.11. The highest BCUT2D eigenvalue weighted by Gasteiger charge is 2.22. The minimum absolute atomic E-state index is 1.11. The molecular formula is C56H35NS. The van der Waals surface area contributed by atoms with Gasteiger partial charge in [-0.05, 0) is 125 Å². The van der Waals surface area contributed by atoms with E-state index in [0.717, 1.165) is 11.4 Å². The molecule has 12 rings (SSSR count). The predicted molar refractivity (Wildman–Crippen MR) is 252 cm³/mol. The van der Waals surface area contributed by atoms with Crippen LogP contribution in [0, 0.1) is 0 Å². The van der Waals surface area contributed by atoms with Gasteiger partial charge in [0.05, 0.1) is 11.4 Å². The summed E-state index contributed by atoms with van der Waals surface area (Å²) in [6.45, 7) is 0. The summed E-state index contributed by atoms with van der Waals surface area (Å²) in [6.07, 6.45) is 0. The molecule has 0 saturated carbocycles. The summed E-state index contributed by atoms with van der Waals surface area (Å²) in [6, 6.07) is 78.5.